The number of anilines is 1. The van der Waals surface area contributed by atoms with E-state index < -0.39 is 0 Å². The Bertz CT molecular complexity index is 815. The molecular formula is C24H30N2O3. The van der Waals surface area contributed by atoms with E-state index in [-0.39, 0.29) is 17.8 Å². The Labute approximate surface area is 173 Å². The largest absolute Gasteiger partial charge is 0.489 e. The van der Waals surface area contributed by atoms with Crippen LogP contribution in [0.25, 0.3) is 0 Å². The molecule has 1 aliphatic carbocycles. The van der Waals surface area contributed by atoms with Crippen molar-refractivity contribution in [3.8, 4) is 11.5 Å². The molecule has 1 saturated carbocycles. The summed E-state index contributed by atoms with van der Waals surface area (Å²) in [5.74, 6) is 3.19. The average Bonchev–Trinajstić information content (AvgIpc) is 3.14. The quantitative estimate of drug-likeness (QED) is 0.646. The van der Waals surface area contributed by atoms with Crippen LogP contribution in [-0.2, 0) is 4.79 Å². The molecule has 29 heavy (non-hydrogen) atoms. The molecule has 1 saturated heterocycles. The number of Topliss-reactive ketones (excluding diaryl/α,β-unsaturated/α-hetero) is 1. The van der Waals surface area contributed by atoms with Gasteiger partial charge in [0.05, 0.1) is 18.8 Å². The Kier molecular flexibility index (Phi) is 6.02. The molecule has 2 atom stereocenters. The van der Waals surface area contributed by atoms with Crippen LogP contribution in [0.2, 0.25) is 0 Å². The molecule has 0 radical (unpaired) electrons. The Morgan fingerprint density at radius 1 is 1.07 bits per heavy atom. The Morgan fingerprint density at radius 3 is 2.41 bits per heavy atom. The van der Waals surface area contributed by atoms with Gasteiger partial charge in [-0.2, -0.15) is 0 Å². The zero-order chi connectivity index (χ0) is 20.2. The highest BCUT2D eigenvalue weighted by molar-refractivity contribution is 5.76. The minimum Gasteiger partial charge on any atom is -0.489 e. The van der Waals surface area contributed by atoms with Crippen LogP contribution in [0.4, 0.5) is 5.82 Å². The summed E-state index contributed by atoms with van der Waals surface area (Å²) in [4.78, 5) is 18.2. The third-order valence-corrected chi connectivity index (χ3v) is 5.89. The van der Waals surface area contributed by atoms with Gasteiger partial charge in [-0.1, -0.05) is 19.1 Å². The fraction of sp³-hybridized carbons (Fsp3) is 0.500. The molecule has 0 amide bonds. The molecule has 0 bridgehead atoms. The zero-order valence-corrected chi connectivity index (χ0v) is 17.3. The van der Waals surface area contributed by atoms with Crippen molar-refractivity contribution in [2.24, 2.45) is 0 Å². The van der Waals surface area contributed by atoms with Gasteiger partial charge in [0, 0.05) is 19.4 Å². The van der Waals surface area contributed by atoms with Gasteiger partial charge in [-0.3, -0.25) is 0 Å². The summed E-state index contributed by atoms with van der Waals surface area (Å²) in [6.45, 7) is 5.50. The van der Waals surface area contributed by atoms with Crippen molar-refractivity contribution < 1.29 is 14.3 Å². The fourth-order valence-electron chi connectivity index (χ4n) is 3.96. The van der Waals surface area contributed by atoms with E-state index in [0.29, 0.717) is 12.5 Å². The van der Waals surface area contributed by atoms with Crippen LogP contribution in [0.1, 0.15) is 57.4 Å². The average molecular weight is 395 g/mol. The van der Waals surface area contributed by atoms with Gasteiger partial charge in [0.2, 0.25) is 0 Å². The minimum atomic E-state index is 0.156. The number of pyridine rings is 1. The standard InChI is InChI=1S/C24H30N2O3/c1-17(14-18(2)27)19-6-8-21(9-7-19)29-23-12-13-26(16-23)24-11-10-22(15-25-24)28-20-4-3-5-20/h6-11,15,17,20,23H,3-5,12-14,16H2,1-2H3/t17-,23?/m1/s1. The first-order chi connectivity index (χ1) is 14.1. The first-order valence-electron chi connectivity index (χ1n) is 10.7. The lowest BCUT2D eigenvalue weighted by atomic mass is 9.96. The molecule has 1 aliphatic heterocycles. The van der Waals surface area contributed by atoms with Gasteiger partial charge in [0.1, 0.15) is 29.2 Å². The summed E-state index contributed by atoms with van der Waals surface area (Å²) in [7, 11) is 0. The number of rotatable bonds is 8. The van der Waals surface area contributed by atoms with E-state index in [0.717, 1.165) is 49.7 Å². The first kappa shape index (κ1) is 19.7. The topological polar surface area (TPSA) is 51.7 Å². The predicted octanol–water partition coefficient (Wildman–Crippen LogP) is 4.75. The lowest BCUT2D eigenvalue weighted by Crippen LogP contribution is -2.26. The summed E-state index contributed by atoms with van der Waals surface area (Å²) in [5.41, 5.74) is 1.18. The molecule has 4 rings (SSSR count). The second-order valence-corrected chi connectivity index (χ2v) is 8.37. The Balaban J connectivity index is 1.29. The highest BCUT2D eigenvalue weighted by Crippen LogP contribution is 2.28. The van der Waals surface area contributed by atoms with Crippen LogP contribution in [0.15, 0.2) is 42.6 Å². The van der Waals surface area contributed by atoms with Gasteiger partial charge in [-0.15, -0.1) is 0 Å². The molecule has 0 spiro atoms. The molecule has 1 unspecified atom stereocenters. The molecule has 2 aromatic rings. The van der Waals surface area contributed by atoms with E-state index in [4.69, 9.17) is 9.47 Å². The lowest BCUT2D eigenvalue weighted by molar-refractivity contribution is -0.117. The summed E-state index contributed by atoms with van der Waals surface area (Å²) < 4.78 is 12.1. The maximum absolute atomic E-state index is 11.3. The fourth-order valence-corrected chi connectivity index (χ4v) is 3.96. The van der Waals surface area contributed by atoms with Gasteiger partial charge >= 0.3 is 0 Å². The number of carbonyl (C=O) groups excluding carboxylic acids is 1. The molecule has 2 fully saturated rings. The maximum Gasteiger partial charge on any atom is 0.138 e. The zero-order valence-electron chi connectivity index (χ0n) is 17.3. The third-order valence-electron chi connectivity index (χ3n) is 5.89. The molecule has 0 N–H and O–H groups in total. The minimum absolute atomic E-state index is 0.156. The number of ketones is 1. The van der Waals surface area contributed by atoms with Crippen LogP contribution in [-0.4, -0.2) is 36.1 Å². The van der Waals surface area contributed by atoms with Crippen molar-refractivity contribution in [3.63, 3.8) is 0 Å². The molecule has 154 valence electrons. The van der Waals surface area contributed by atoms with Gasteiger partial charge < -0.3 is 19.2 Å². The van der Waals surface area contributed by atoms with Gasteiger partial charge in [-0.05, 0) is 61.9 Å². The van der Waals surface area contributed by atoms with Gasteiger partial charge in [0.15, 0.2) is 0 Å². The van der Waals surface area contributed by atoms with Gasteiger partial charge in [0.25, 0.3) is 0 Å². The molecular weight excluding hydrogens is 364 g/mol. The number of carbonyl (C=O) groups is 1. The highest BCUT2D eigenvalue weighted by Gasteiger charge is 2.25. The molecule has 5 heteroatoms. The Morgan fingerprint density at radius 2 is 1.79 bits per heavy atom. The number of hydrogen-bond acceptors (Lipinski definition) is 5. The van der Waals surface area contributed by atoms with E-state index >= 15 is 0 Å². The number of ether oxygens (including phenoxy) is 2. The van der Waals surface area contributed by atoms with Crippen LogP contribution >= 0.6 is 0 Å². The van der Waals surface area contributed by atoms with Crippen LogP contribution in [0.3, 0.4) is 0 Å². The molecule has 2 heterocycles. The molecule has 1 aromatic heterocycles. The molecule has 5 nitrogen and oxygen atoms in total. The molecule has 1 aromatic carbocycles. The summed E-state index contributed by atoms with van der Waals surface area (Å²) >= 11 is 0. The van der Waals surface area contributed by atoms with Gasteiger partial charge in [-0.25, -0.2) is 4.98 Å². The van der Waals surface area contributed by atoms with Crippen molar-refractivity contribution in [3.05, 3.63) is 48.2 Å². The first-order valence-corrected chi connectivity index (χ1v) is 10.7. The van der Waals surface area contributed by atoms with Crippen molar-refractivity contribution >= 4 is 11.6 Å². The second-order valence-electron chi connectivity index (χ2n) is 8.37. The van der Waals surface area contributed by atoms with Crippen LogP contribution in [0, 0.1) is 0 Å². The van der Waals surface area contributed by atoms with E-state index in [9.17, 15) is 4.79 Å². The van der Waals surface area contributed by atoms with E-state index in [1.54, 1.807) is 6.92 Å². The predicted molar refractivity (Wildman–Crippen MR) is 114 cm³/mol. The van der Waals surface area contributed by atoms with E-state index in [1.807, 2.05) is 30.5 Å². The maximum atomic E-state index is 11.3. The van der Waals surface area contributed by atoms with E-state index in [2.05, 4.69) is 28.9 Å². The molecule has 2 aliphatic rings. The van der Waals surface area contributed by atoms with Crippen LogP contribution < -0.4 is 14.4 Å². The second kappa shape index (κ2) is 8.85. The third kappa shape index (κ3) is 5.08. The normalized spacial score (nSPS) is 20.2. The number of benzene rings is 1. The lowest BCUT2D eigenvalue weighted by Gasteiger charge is -2.26. The van der Waals surface area contributed by atoms with Crippen molar-refractivity contribution in [1.82, 2.24) is 4.98 Å². The number of aromatic nitrogens is 1. The van der Waals surface area contributed by atoms with Crippen molar-refractivity contribution in [2.75, 3.05) is 18.0 Å². The van der Waals surface area contributed by atoms with E-state index in [1.165, 1.54) is 12.0 Å². The van der Waals surface area contributed by atoms with Crippen molar-refractivity contribution in [1.29, 1.82) is 0 Å². The monoisotopic (exact) mass is 394 g/mol. The Hall–Kier alpha value is -2.56. The smallest absolute Gasteiger partial charge is 0.138 e. The summed E-state index contributed by atoms with van der Waals surface area (Å²) in [6.07, 6.45) is 7.51. The van der Waals surface area contributed by atoms with Crippen LogP contribution in [0.5, 0.6) is 11.5 Å². The number of hydrogen-bond donors (Lipinski definition) is 0. The summed E-state index contributed by atoms with van der Waals surface area (Å²) in [5, 5.41) is 0. The number of nitrogens with zero attached hydrogens (tertiary/aromatic N) is 2. The summed E-state index contributed by atoms with van der Waals surface area (Å²) in [6, 6.07) is 12.2. The highest BCUT2D eigenvalue weighted by atomic mass is 16.5. The van der Waals surface area contributed by atoms with Crippen molar-refractivity contribution in [2.45, 2.75) is 64.1 Å². The SMILES string of the molecule is CC(=O)C[C@@H](C)c1ccc(OC2CCN(c3ccc(OC4CCC4)cn3)C2)cc1.